The lowest BCUT2D eigenvalue weighted by Gasteiger charge is -2.54. The summed E-state index contributed by atoms with van der Waals surface area (Å²) in [4.78, 5) is 26.1. The highest BCUT2D eigenvalue weighted by Crippen LogP contribution is 2.45. The molecule has 0 aliphatic carbocycles. The number of hydrogen-bond acceptors (Lipinski definition) is 4. The number of urea groups is 1. The number of anilines is 1. The first-order valence-corrected chi connectivity index (χ1v) is 8.76. The minimum Gasteiger partial charge on any atom is -0.371 e. The molecule has 0 bridgehead atoms. The zero-order valence-corrected chi connectivity index (χ0v) is 15.1. The smallest absolute Gasteiger partial charge is 0.322 e. The topological polar surface area (TPSA) is 70.7 Å². The maximum absolute atomic E-state index is 14.7. The average molecular weight is 416 g/mol. The van der Waals surface area contributed by atoms with Gasteiger partial charge in [-0.3, -0.25) is 10.1 Å². The van der Waals surface area contributed by atoms with Gasteiger partial charge < -0.3 is 15.0 Å². The first-order chi connectivity index (χ1) is 11.7. The van der Waals surface area contributed by atoms with Crippen LogP contribution in [0.3, 0.4) is 0 Å². The largest absolute Gasteiger partial charge is 0.371 e. The van der Waals surface area contributed by atoms with E-state index in [9.17, 15) is 18.4 Å². The van der Waals surface area contributed by atoms with Gasteiger partial charge in [0.25, 0.3) is 5.91 Å². The molecule has 1 spiro atoms. The monoisotopic (exact) mass is 415 g/mol. The number of imide groups is 1. The maximum Gasteiger partial charge on any atom is 0.322 e. The van der Waals surface area contributed by atoms with Gasteiger partial charge in [0.1, 0.15) is 5.54 Å². The number of fused-ring (bicyclic) bond motifs is 4. The Morgan fingerprint density at radius 2 is 2.04 bits per heavy atom. The van der Waals surface area contributed by atoms with E-state index in [4.69, 9.17) is 4.74 Å². The van der Waals surface area contributed by atoms with Crippen molar-refractivity contribution in [3.05, 3.63) is 27.7 Å². The van der Waals surface area contributed by atoms with E-state index in [2.05, 4.69) is 26.6 Å². The van der Waals surface area contributed by atoms with Crippen molar-refractivity contribution in [1.29, 1.82) is 0 Å². The van der Waals surface area contributed by atoms with Crippen molar-refractivity contribution in [2.45, 2.75) is 44.1 Å². The normalized spacial score (nSPS) is 33.8. The number of benzene rings is 1. The summed E-state index contributed by atoms with van der Waals surface area (Å²) in [7, 11) is 0. The lowest BCUT2D eigenvalue weighted by Crippen LogP contribution is -2.73. The van der Waals surface area contributed by atoms with Crippen LogP contribution in [0.1, 0.15) is 19.4 Å². The van der Waals surface area contributed by atoms with Crippen molar-refractivity contribution in [3.8, 4) is 0 Å². The maximum atomic E-state index is 14.7. The Morgan fingerprint density at radius 3 is 2.68 bits per heavy atom. The summed E-state index contributed by atoms with van der Waals surface area (Å²) in [6.45, 7) is 3.88. The number of carbonyl (C=O) groups is 2. The van der Waals surface area contributed by atoms with Crippen LogP contribution < -0.4 is 15.5 Å². The highest BCUT2D eigenvalue weighted by Gasteiger charge is 2.60. The lowest BCUT2D eigenvalue weighted by atomic mass is 9.75. The van der Waals surface area contributed by atoms with Gasteiger partial charge in [0.05, 0.1) is 28.4 Å². The molecule has 0 radical (unpaired) electrons. The molecule has 25 heavy (non-hydrogen) atoms. The molecule has 0 saturated carbocycles. The van der Waals surface area contributed by atoms with Crippen molar-refractivity contribution in [2.24, 2.45) is 0 Å². The Labute approximate surface area is 151 Å². The summed E-state index contributed by atoms with van der Waals surface area (Å²) < 4.78 is 34.7. The number of morpholine rings is 1. The molecule has 134 valence electrons. The standard InChI is InChI=1S/C16H16BrF2N3O3/c1-6-5-22-12-8(3-9(17)10(18)11(12)19)4-16(13(22)7(2)25-6)14(23)20-15(24)21-16/h3,6-7,13H,4-5H2,1-2H3,(H2,20,21,23,24)/t6-,7+,13-,16+/m1/s1. The van der Waals surface area contributed by atoms with Crippen LogP contribution in [0.15, 0.2) is 10.5 Å². The third-order valence-corrected chi connectivity index (χ3v) is 5.70. The predicted molar refractivity (Wildman–Crippen MR) is 88.3 cm³/mol. The third kappa shape index (κ3) is 2.21. The average Bonchev–Trinajstić information content (AvgIpc) is 2.78. The first-order valence-electron chi connectivity index (χ1n) is 7.96. The first kappa shape index (κ1) is 16.7. The van der Waals surface area contributed by atoms with Crippen LogP contribution >= 0.6 is 15.9 Å². The summed E-state index contributed by atoms with van der Waals surface area (Å²) in [5, 5.41) is 4.97. The van der Waals surface area contributed by atoms with Crippen LogP contribution in [0.4, 0.5) is 19.3 Å². The molecule has 2 N–H and O–H groups in total. The van der Waals surface area contributed by atoms with Crippen molar-refractivity contribution < 1.29 is 23.1 Å². The molecular weight excluding hydrogens is 400 g/mol. The van der Waals surface area contributed by atoms with Gasteiger partial charge in [0.2, 0.25) is 0 Å². The van der Waals surface area contributed by atoms with Crippen LogP contribution in [0.25, 0.3) is 0 Å². The summed E-state index contributed by atoms with van der Waals surface area (Å²) in [5.74, 6) is -2.42. The van der Waals surface area contributed by atoms with Crippen LogP contribution in [-0.4, -0.2) is 42.3 Å². The molecule has 0 aromatic heterocycles. The molecule has 1 aromatic rings. The molecule has 2 fully saturated rings. The molecule has 4 rings (SSSR count). The SMILES string of the molecule is C[C@@H]1CN2c3c(cc(Br)c(F)c3F)C[C@]3(NC(=O)NC3=O)[C@H]2[C@H](C)O1. The Bertz CT molecular complexity index is 805. The van der Waals surface area contributed by atoms with Crippen LogP contribution in [0.5, 0.6) is 0 Å². The Morgan fingerprint density at radius 1 is 1.32 bits per heavy atom. The minimum atomic E-state index is -1.28. The fraction of sp³-hybridized carbons (Fsp3) is 0.500. The van der Waals surface area contributed by atoms with E-state index in [0.29, 0.717) is 5.56 Å². The molecule has 3 amide bonds. The summed E-state index contributed by atoms with van der Waals surface area (Å²) in [6, 6.07) is 0.229. The van der Waals surface area contributed by atoms with Gasteiger partial charge >= 0.3 is 6.03 Å². The third-order valence-electron chi connectivity index (χ3n) is 5.13. The Kier molecular flexibility index (Phi) is 3.59. The van der Waals surface area contributed by atoms with Gasteiger partial charge in [-0.1, -0.05) is 0 Å². The van der Waals surface area contributed by atoms with Crippen LogP contribution in [0, 0.1) is 11.6 Å². The second-order valence-corrected chi connectivity index (χ2v) is 7.65. The molecule has 3 heterocycles. The highest BCUT2D eigenvalue weighted by atomic mass is 79.9. The minimum absolute atomic E-state index is 0.0172. The quantitative estimate of drug-likeness (QED) is 0.501. The van der Waals surface area contributed by atoms with Gasteiger partial charge in [-0.25, -0.2) is 13.6 Å². The van der Waals surface area contributed by atoms with Gasteiger partial charge in [0, 0.05) is 13.0 Å². The van der Waals surface area contributed by atoms with Crippen molar-refractivity contribution in [2.75, 3.05) is 11.4 Å². The molecule has 9 heteroatoms. The van der Waals surface area contributed by atoms with E-state index in [1.165, 1.54) is 6.07 Å². The van der Waals surface area contributed by atoms with Gasteiger partial charge in [-0.2, -0.15) is 0 Å². The fourth-order valence-corrected chi connectivity index (χ4v) is 4.80. The van der Waals surface area contributed by atoms with E-state index in [1.54, 1.807) is 11.8 Å². The summed E-state index contributed by atoms with van der Waals surface area (Å²) in [6.07, 6.45) is -0.647. The molecular formula is C16H16BrF2N3O3. The predicted octanol–water partition coefficient (Wildman–Crippen LogP) is 1.84. The van der Waals surface area contributed by atoms with E-state index in [1.807, 2.05) is 6.92 Å². The van der Waals surface area contributed by atoms with E-state index in [0.717, 1.165) is 0 Å². The number of halogens is 3. The van der Waals surface area contributed by atoms with Crippen molar-refractivity contribution in [1.82, 2.24) is 10.6 Å². The number of hydrogen-bond donors (Lipinski definition) is 2. The number of rotatable bonds is 0. The number of amides is 3. The zero-order valence-electron chi connectivity index (χ0n) is 13.5. The highest BCUT2D eigenvalue weighted by molar-refractivity contribution is 9.10. The Hall–Kier alpha value is -1.74. The molecule has 3 aliphatic rings. The molecule has 0 unspecified atom stereocenters. The van der Waals surface area contributed by atoms with E-state index in [-0.39, 0.29) is 29.2 Å². The lowest BCUT2D eigenvalue weighted by molar-refractivity contribution is -0.129. The van der Waals surface area contributed by atoms with E-state index < -0.39 is 41.3 Å². The molecule has 4 atom stereocenters. The number of nitrogens with zero attached hydrogens (tertiary/aromatic N) is 1. The Balaban J connectivity index is 1.95. The second-order valence-electron chi connectivity index (χ2n) is 6.80. The molecule has 6 nitrogen and oxygen atoms in total. The fourth-order valence-electron chi connectivity index (χ4n) is 4.35. The van der Waals surface area contributed by atoms with Gasteiger partial charge in [-0.15, -0.1) is 0 Å². The molecule has 2 saturated heterocycles. The number of ether oxygens (including phenoxy) is 1. The zero-order chi connectivity index (χ0) is 18.1. The number of nitrogens with one attached hydrogen (secondary N) is 2. The molecule has 1 aromatic carbocycles. The van der Waals surface area contributed by atoms with Crippen LogP contribution in [0.2, 0.25) is 0 Å². The number of carbonyl (C=O) groups excluding carboxylic acids is 2. The molecule has 3 aliphatic heterocycles. The van der Waals surface area contributed by atoms with Gasteiger partial charge in [0.15, 0.2) is 11.6 Å². The van der Waals surface area contributed by atoms with E-state index >= 15 is 0 Å². The van der Waals surface area contributed by atoms with Crippen molar-refractivity contribution in [3.63, 3.8) is 0 Å². The van der Waals surface area contributed by atoms with Crippen molar-refractivity contribution >= 4 is 33.6 Å². The van der Waals surface area contributed by atoms with Gasteiger partial charge in [-0.05, 0) is 41.4 Å². The van der Waals surface area contributed by atoms with Crippen LogP contribution in [-0.2, 0) is 16.0 Å². The summed E-state index contributed by atoms with van der Waals surface area (Å²) >= 11 is 3.01. The second kappa shape index (κ2) is 5.38. The summed E-state index contributed by atoms with van der Waals surface area (Å²) in [5.41, 5.74) is -0.694.